The van der Waals surface area contributed by atoms with E-state index >= 15 is 0 Å². The predicted molar refractivity (Wildman–Crippen MR) is 47.3 cm³/mol. The predicted octanol–water partition coefficient (Wildman–Crippen LogP) is 2.32. The average molecular weight is 169 g/mol. The Labute approximate surface area is 73.1 Å². The van der Waals surface area contributed by atoms with Crippen molar-refractivity contribution in [3.05, 3.63) is 29.8 Å². The molecule has 0 amide bonds. The topological polar surface area (TPSA) is 32.3 Å². The molecule has 0 spiro atoms. The van der Waals surface area contributed by atoms with E-state index in [1.807, 2.05) is 19.9 Å². The van der Waals surface area contributed by atoms with Crippen LogP contribution in [0.25, 0.3) is 0 Å². The van der Waals surface area contributed by atoms with Gasteiger partial charge in [-0.3, -0.25) is 0 Å². The van der Waals surface area contributed by atoms with Gasteiger partial charge in [0.1, 0.15) is 12.2 Å². The normalized spacial score (nSPS) is 32.7. The van der Waals surface area contributed by atoms with Crippen LogP contribution in [0.2, 0.25) is 0 Å². The number of rotatable bonds is 1. The Bertz CT molecular complexity index is 233. The highest BCUT2D eigenvalue weighted by Crippen LogP contribution is 2.31. The third kappa shape index (κ3) is 1.68. The third-order valence-electron chi connectivity index (χ3n) is 1.95. The summed E-state index contributed by atoms with van der Waals surface area (Å²) in [5, 5.41) is 11.8. The van der Waals surface area contributed by atoms with Gasteiger partial charge in [-0.05, 0) is 12.7 Å². The van der Waals surface area contributed by atoms with Crippen LogP contribution in [0, 0.1) is 10.6 Å². The third-order valence-corrected chi connectivity index (χ3v) is 1.95. The lowest BCUT2D eigenvalue weighted by Crippen LogP contribution is -2.47. The quantitative estimate of drug-likeness (QED) is 0.445. The molecular weight excluding hydrogens is 154 g/mol. The number of allylic oxidation sites excluding steroid dienone is 1. The highest BCUT2D eigenvalue weighted by atomic mass is 16.9. The van der Waals surface area contributed by atoms with Crippen LogP contribution >= 0.6 is 0 Å². The molecule has 1 aliphatic rings. The molecule has 0 saturated heterocycles. The molecule has 0 N–H and O–H groups in total. The van der Waals surface area contributed by atoms with E-state index in [9.17, 15) is 5.21 Å². The van der Waals surface area contributed by atoms with E-state index in [1.54, 1.807) is 6.92 Å². The van der Waals surface area contributed by atoms with Crippen molar-refractivity contribution >= 4 is 0 Å². The lowest BCUT2D eigenvalue weighted by Gasteiger charge is -2.44. The van der Waals surface area contributed by atoms with Crippen molar-refractivity contribution in [1.29, 1.82) is 0 Å². The first-order chi connectivity index (χ1) is 5.36. The minimum atomic E-state index is -0.760. The van der Waals surface area contributed by atoms with Crippen LogP contribution in [0.15, 0.2) is 24.6 Å². The van der Waals surface area contributed by atoms with E-state index in [1.165, 1.54) is 6.26 Å². The lowest BCUT2D eigenvalue weighted by molar-refractivity contribution is -1.03. The summed E-state index contributed by atoms with van der Waals surface area (Å²) in [6.07, 6.45) is 3.36. The molecule has 0 aliphatic carbocycles. The van der Waals surface area contributed by atoms with Gasteiger partial charge in [0, 0.05) is 12.3 Å². The highest BCUT2D eigenvalue weighted by Gasteiger charge is 2.33. The first-order valence-electron chi connectivity index (χ1n) is 3.97. The van der Waals surface area contributed by atoms with Crippen molar-refractivity contribution < 1.29 is 9.65 Å². The molecule has 1 rings (SSSR count). The van der Waals surface area contributed by atoms with Gasteiger partial charge in [0.05, 0.1) is 0 Å². The second kappa shape index (κ2) is 2.61. The van der Waals surface area contributed by atoms with Crippen LogP contribution in [0.5, 0.6) is 0 Å². The lowest BCUT2D eigenvalue weighted by atomic mass is 9.92. The smallest absolute Gasteiger partial charge is 0.152 e. The minimum absolute atomic E-state index is 0.112. The molecule has 3 nitrogen and oxygen atoms in total. The van der Waals surface area contributed by atoms with Crippen molar-refractivity contribution in [2.24, 2.45) is 5.41 Å². The molecule has 0 aromatic rings. The van der Waals surface area contributed by atoms with E-state index in [2.05, 4.69) is 6.58 Å². The number of nitrogens with zero attached hydrogens (tertiary/aromatic N) is 1. The van der Waals surface area contributed by atoms with Gasteiger partial charge in [-0.25, -0.2) is 0 Å². The maximum atomic E-state index is 11.8. The van der Waals surface area contributed by atoms with E-state index in [-0.39, 0.29) is 5.41 Å². The summed E-state index contributed by atoms with van der Waals surface area (Å²) in [5.74, 6) is 0. The van der Waals surface area contributed by atoms with Crippen molar-refractivity contribution in [3.8, 4) is 0 Å². The van der Waals surface area contributed by atoms with E-state index in [0.29, 0.717) is 12.2 Å². The number of hydrogen-bond donors (Lipinski definition) is 0. The Balaban J connectivity index is 2.87. The largest absolute Gasteiger partial charge is 0.584 e. The highest BCUT2D eigenvalue weighted by molar-refractivity contribution is 4.94. The Morgan fingerprint density at radius 1 is 1.67 bits per heavy atom. The summed E-state index contributed by atoms with van der Waals surface area (Å²) >= 11 is 0. The molecule has 1 aliphatic heterocycles. The zero-order chi connectivity index (χ0) is 9.41. The van der Waals surface area contributed by atoms with Crippen LogP contribution in [-0.4, -0.2) is 11.4 Å². The van der Waals surface area contributed by atoms with Crippen LogP contribution in [0.4, 0.5) is 0 Å². The molecular formula is C9H15NO2. The average Bonchev–Trinajstić information content (AvgIpc) is 1.83. The second-order valence-corrected chi connectivity index (χ2v) is 3.96. The molecule has 1 unspecified atom stereocenters. The Hall–Kier alpha value is -0.800. The molecule has 68 valence electrons. The van der Waals surface area contributed by atoms with Crippen LogP contribution < -0.4 is 0 Å². The van der Waals surface area contributed by atoms with Gasteiger partial charge in [0.25, 0.3) is 0 Å². The van der Waals surface area contributed by atoms with Gasteiger partial charge in [-0.1, -0.05) is 13.8 Å². The first-order valence-corrected chi connectivity index (χ1v) is 3.97. The minimum Gasteiger partial charge on any atom is -0.584 e. The zero-order valence-electron chi connectivity index (χ0n) is 7.83. The standard InChI is InChI=1S/C9H15NO2/c1-8(2)10(11)7-9(3,4)5-6-12-10/h5-6H,1,7H2,2-4H3. The molecule has 12 heavy (non-hydrogen) atoms. The van der Waals surface area contributed by atoms with Crippen molar-refractivity contribution in [1.82, 2.24) is 0 Å². The van der Waals surface area contributed by atoms with Gasteiger partial charge in [-0.15, -0.1) is 4.81 Å². The molecule has 0 radical (unpaired) electrons. The summed E-state index contributed by atoms with van der Waals surface area (Å²) in [7, 11) is 0. The Kier molecular flexibility index (Phi) is 2.02. The molecule has 3 heteroatoms. The monoisotopic (exact) mass is 169 g/mol. The van der Waals surface area contributed by atoms with E-state index in [0.717, 1.165) is 0 Å². The molecule has 0 aromatic heterocycles. The summed E-state index contributed by atoms with van der Waals surface area (Å²) < 4.78 is 0. The van der Waals surface area contributed by atoms with Crippen LogP contribution in [-0.2, 0) is 4.84 Å². The summed E-state index contributed by atoms with van der Waals surface area (Å²) in [5.41, 5.74) is 0.367. The molecule has 0 bridgehead atoms. The maximum absolute atomic E-state index is 11.8. The van der Waals surface area contributed by atoms with E-state index in [4.69, 9.17) is 4.84 Å². The zero-order valence-corrected chi connectivity index (χ0v) is 7.83. The SMILES string of the molecule is C=C(C)[N+]1([O-])CC(C)(C)C=CO1. The van der Waals surface area contributed by atoms with Crippen molar-refractivity contribution in [3.63, 3.8) is 0 Å². The molecule has 1 heterocycles. The van der Waals surface area contributed by atoms with Crippen LogP contribution in [0.3, 0.4) is 0 Å². The first kappa shape index (κ1) is 9.29. The Morgan fingerprint density at radius 3 is 2.58 bits per heavy atom. The molecule has 1 atom stereocenters. The Morgan fingerprint density at radius 2 is 2.25 bits per heavy atom. The number of hydroxylamine groups is 4. The van der Waals surface area contributed by atoms with Gasteiger partial charge in [0.2, 0.25) is 0 Å². The van der Waals surface area contributed by atoms with Crippen LogP contribution in [0.1, 0.15) is 20.8 Å². The fraction of sp³-hybridized carbons (Fsp3) is 0.556. The maximum Gasteiger partial charge on any atom is 0.152 e. The van der Waals surface area contributed by atoms with Crippen molar-refractivity contribution in [2.75, 3.05) is 6.54 Å². The fourth-order valence-corrected chi connectivity index (χ4v) is 1.16. The number of hydrogen-bond acceptors (Lipinski definition) is 2. The second-order valence-electron chi connectivity index (χ2n) is 3.96. The fourth-order valence-electron chi connectivity index (χ4n) is 1.16. The van der Waals surface area contributed by atoms with Crippen molar-refractivity contribution in [2.45, 2.75) is 20.8 Å². The molecule has 0 aromatic carbocycles. The van der Waals surface area contributed by atoms with Gasteiger partial charge in [0.15, 0.2) is 6.26 Å². The van der Waals surface area contributed by atoms with E-state index < -0.39 is 4.81 Å². The summed E-state index contributed by atoms with van der Waals surface area (Å²) in [4.78, 5) is 4.20. The number of quaternary nitrogens is 1. The van der Waals surface area contributed by atoms with Gasteiger partial charge in [-0.2, -0.15) is 0 Å². The van der Waals surface area contributed by atoms with Gasteiger partial charge >= 0.3 is 0 Å². The molecule has 0 saturated carbocycles. The van der Waals surface area contributed by atoms with Gasteiger partial charge < -0.3 is 10.0 Å². The summed E-state index contributed by atoms with van der Waals surface area (Å²) in [6, 6.07) is 0. The molecule has 0 fully saturated rings. The summed E-state index contributed by atoms with van der Waals surface area (Å²) in [6.45, 7) is 9.69.